The minimum Gasteiger partial charge on any atom is -0.506 e. The summed E-state index contributed by atoms with van der Waals surface area (Å²) >= 11 is 11.6. The molecule has 0 fully saturated rings. The van der Waals surface area contributed by atoms with E-state index in [0.717, 1.165) is 0 Å². The average Bonchev–Trinajstić information content (AvgIpc) is 2.79. The Balaban J connectivity index is 0.000000652. The summed E-state index contributed by atoms with van der Waals surface area (Å²) in [7, 11) is 3.76. The Labute approximate surface area is 229 Å². The zero-order valence-electron chi connectivity index (χ0n) is 19.7. The van der Waals surface area contributed by atoms with Crippen molar-refractivity contribution in [2.24, 2.45) is 0 Å². The summed E-state index contributed by atoms with van der Waals surface area (Å²) in [5.74, 6) is 0.292. The fourth-order valence-corrected chi connectivity index (χ4v) is 3.24. The highest BCUT2D eigenvalue weighted by Gasteiger charge is 2.16. The van der Waals surface area contributed by atoms with Gasteiger partial charge in [-0.15, -0.1) is 24.8 Å². The quantitative estimate of drug-likeness (QED) is 0.228. The van der Waals surface area contributed by atoms with Crippen LogP contribution >= 0.6 is 48.0 Å². The van der Waals surface area contributed by atoms with Gasteiger partial charge in [-0.25, -0.2) is 0 Å². The first kappa shape index (κ1) is 32.7. The Hall–Kier alpha value is -2.28. The summed E-state index contributed by atoms with van der Waals surface area (Å²) in [6.07, 6.45) is 0.342. The van der Waals surface area contributed by atoms with Gasteiger partial charge in [0.1, 0.15) is 5.75 Å². The van der Waals surface area contributed by atoms with E-state index in [0.29, 0.717) is 39.8 Å². The number of likely N-dealkylation sites (N-methyl/N-ethyl adjacent to an activating group) is 1. The first-order chi connectivity index (χ1) is 15.7. The topological polar surface area (TPSA) is 69.6 Å². The molecule has 0 spiro atoms. The second-order valence-corrected chi connectivity index (χ2v) is 8.51. The van der Waals surface area contributed by atoms with Gasteiger partial charge < -0.3 is 10.4 Å². The number of hydrogen-bond donors (Lipinski definition) is 2. The number of hydrogen-bond acceptors (Lipinski definition) is 5. The maximum Gasteiger partial charge on any atom is 0.179 e. The van der Waals surface area contributed by atoms with Crippen molar-refractivity contribution < 1.29 is 14.7 Å². The standard InChI is InChI=1S/C15H14ClNO2.C11H14ClNO.2ClH/c16-12-5-3-4-11(10-12)14(18)8-9-17-13-6-1-2-7-15(13)19;1-8(13(2)3)11(14)9-5-4-6-10(12)7-9;;/h1-7,10,17,19H,8-9H2;4-8H,1-3H3;2*1H. The van der Waals surface area contributed by atoms with E-state index in [1.165, 1.54) is 0 Å². The molecular weight excluding hydrogens is 530 g/mol. The normalized spacial score (nSPS) is 10.7. The first-order valence-corrected chi connectivity index (χ1v) is 11.2. The van der Waals surface area contributed by atoms with Crippen LogP contribution in [0.3, 0.4) is 0 Å². The van der Waals surface area contributed by atoms with E-state index in [1.807, 2.05) is 32.0 Å². The third kappa shape index (κ3) is 10.9. The molecule has 9 heteroatoms. The van der Waals surface area contributed by atoms with E-state index in [9.17, 15) is 14.7 Å². The van der Waals surface area contributed by atoms with E-state index in [1.54, 1.807) is 66.7 Å². The lowest BCUT2D eigenvalue weighted by Crippen LogP contribution is -2.32. The van der Waals surface area contributed by atoms with Crippen molar-refractivity contribution >= 4 is 65.3 Å². The number of rotatable bonds is 8. The predicted molar refractivity (Wildman–Crippen MR) is 150 cm³/mol. The number of carbonyl (C=O) groups is 2. The van der Waals surface area contributed by atoms with Gasteiger partial charge in [0.2, 0.25) is 0 Å². The molecule has 0 radical (unpaired) electrons. The van der Waals surface area contributed by atoms with Gasteiger partial charge in [0.15, 0.2) is 11.6 Å². The van der Waals surface area contributed by atoms with Gasteiger partial charge in [0, 0.05) is 34.1 Å². The van der Waals surface area contributed by atoms with Crippen LogP contribution in [0.15, 0.2) is 72.8 Å². The Kier molecular flexibility index (Phi) is 15.3. The minimum absolute atomic E-state index is 0. The largest absolute Gasteiger partial charge is 0.506 e. The lowest BCUT2D eigenvalue weighted by Gasteiger charge is -2.18. The number of benzene rings is 3. The summed E-state index contributed by atoms with van der Waals surface area (Å²) in [5, 5.41) is 13.7. The molecule has 35 heavy (non-hydrogen) atoms. The van der Waals surface area contributed by atoms with Crippen LogP contribution in [0.2, 0.25) is 10.0 Å². The Morgan fingerprint density at radius 1 is 0.886 bits per heavy atom. The van der Waals surface area contributed by atoms with E-state index in [4.69, 9.17) is 23.2 Å². The van der Waals surface area contributed by atoms with E-state index in [-0.39, 0.29) is 48.2 Å². The molecule has 1 unspecified atom stereocenters. The number of anilines is 1. The number of para-hydroxylation sites is 2. The number of nitrogens with zero attached hydrogens (tertiary/aromatic N) is 1. The molecule has 3 rings (SSSR count). The maximum absolute atomic E-state index is 11.9. The highest BCUT2D eigenvalue weighted by molar-refractivity contribution is 6.31. The maximum atomic E-state index is 11.9. The van der Waals surface area contributed by atoms with E-state index in [2.05, 4.69) is 5.32 Å². The van der Waals surface area contributed by atoms with Crippen LogP contribution in [0.5, 0.6) is 5.75 Å². The lowest BCUT2D eigenvalue weighted by atomic mass is 10.1. The van der Waals surface area contributed by atoms with Gasteiger partial charge in [-0.05, 0) is 57.4 Å². The third-order valence-corrected chi connectivity index (χ3v) is 5.45. The Morgan fingerprint density at radius 2 is 1.43 bits per heavy atom. The number of halogens is 4. The Morgan fingerprint density at radius 3 is 1.97 bits per heavy atom. The molecule has 0 saturated carbocycles. The number of Topliss-reactive ketones (excluding diaryl/α,β-unsaturated/α-hetero) is 2. The molecule has 0 bridgehead atoms. The highest BCUT2D eigenvalue weighted by atomic mass is 35.5. The zero-order valence-corrected chi connectivity index (χ0v) is 22.8. The summed E-state index contributed by atoms with van der Waals surface area (Å²) in [4.78, 5) is 25.6. The fraction of sp³-hybridized carbons (Fsp3) is 0.231. The molecule has 0 aliphatic carbocycles. The van der Waals surface area contributed by atoms with Crippen molar-refractivity contribution in [3.8, 4) is 5.75 Å². The molecule has 0 aromatic heterocycles. The number of nitrogens with one attached hydrogen (secondary N) is 1. The minimum atomic E-state index is -0.117. The molecule has 0 amide bonds. The smallest absolute Gasteiger partial charge is 0.179 e. The molecule has 0 aliphatic rings. The van der Waals surface area contributed by atoms with Crippen LogP contribution in [0.1, 0.15) is 34.1 Å². The van der Waals surface area contributed by atoms with Crippen molar-refractivity contribution in [2.45, 2.75) is 19.4 Å². The number of phenolic OH excluding ortho intramolecular Hbond substituents is 1. The summed E-state index contributed by atoms with van der Waals surface area (Å²) in [6.45, 7) is 2.34. The van der Waals surface area contributed by atoms with Gasteiger partial charge in [-0.3, -0.25) is 14.5 Å². The van der Waals surface area contributed by atoms with Gasteiger partial charge in [0.25, 0.3) is 0 Å². The van der Waals surface area contributed by atoms with Crippen LogP contribution in [0.25, 0.3) is 0 Å². The second kappa shape index (κ2) is 16.4. The Bertz CT molecular complexity index is 1090. The molecular formula is C26H30Cl4N2O3. The van der Waals surface area contributed by atoms with Crippen LogP contribution in [-0.2, 0) is 0 Å². The third-order valence-electron chi connectivity index (χ3n) is 4.98. The van der Waals surface area contributed by atoms with Crippen molar-refractivity contribution in [3.05, 3.63) is 94.0 Å². The van der Waals surface area contributed by atoms with Gasteiger partial charge in [-0.2, -0.15) is 0 Å². The molecule has 1 atom stereocenters. The predicted octanol–water partition coefficient (Wildman–Crippen LogP) is 7.05. The zero-order chi connectivity index (χ0) is 24.4. The molecule has 190 valence electrons. The van der Waals surface area contributed by atoms with Crippen LogP contribution < -0.4 is 5.32 Å². The number of aromatic hydroxyl groups is 1. The molecule has 3 aromatic rings. The van der Waals surface area contributed by atoms with E-state index >= 15 is 0 Å². The molecule has 0 heterocycles. The van der Waals surface area contributed by atoms with E-state index < -0.39 is 0 Å². The van der Waals surface area contributed by atoms with Crippen LogP contribution in [0.4, 0.5) is 5.69 Å². The van der Waals surface area contributed by atoms with Crippen LogP contribution in [0, 0.1) is 0 Å². The van der Waals surface area contributed by atoms with Gasteiger partial charge in [0.05, 0.1) is 11.7 Å². The number of phenols is 1. The van der Waals surface area contributed by atoms with Crippen molar-refractivity contribution in [2.75, 3.05) is 26.0 Å². The average molecular weight is 560 g/mol. The first-order valence-electron chi connectivity index (χ1n) is 10.5. The number of carbonyl (C=O) groups excluding carboxylic acids is 2. The second-order valence-electron chi connectivity index (χ2n) is 7.64. The molecule has 0 aliphatic heterocycles. The highest BCUT2D eigenvalue weighted by Crippen LogP contribution is 2.21. The molecule has 5 nitrogen and oxygen atoms in total. The molecule has 0 saturated heterocycles. The van der Waals surface area contributed by atoms with Crippen molar-refractivity contribution in [3.63, 3.8) is 0 Å². The summed E-state index contributed by atoms with van der Waals surface area (Å²) < 4.78 is 0. The number of ketones is 2. The summed E-state index contributed by atoms with van der Waals surface area (Å²) in [6, 6.07) is 20.7. The molecule has 2 N–H and O–H groups in total. The fourth-order valence-electron chi connectivity index (χ4n) is 2.86. The lowest BCUT2D eigenvalue weighted by molar-refractivity contribution is 0.0890. The van der Waals surface area contributed by atoms with Gasteiger partial charge >= 0.3 is 0 Å². The monoisotopic (exact) mass is 558 g/mol. The SMILES string of the molecule is CC(C(=O)c1cccc(Cl)c1)N(C)C.Cl.Cl.O=C(CCNc1ccccc1O)c1cccc(Cl)c1. The summed E-state index contributed by atoms with van der Waals surface area (Å²) in [5.41, 5.74) is 1.90. The van der Waals surface area contributed by atoms with Crippen molar-refractivity contribution in [1.29, 1.82) is 0 Å². The molecule has 3 aromatic carbocycles. The van der Waals surface area contributed by atoms with Crippen molar-refractivity contribution in [1.82, 2.24) is 4.90 Å². The van der Waals surface area contributed by atoms with Gasteiger partial charge in [-0.1, -0.05) is 59.6 Å². The van der Waals surface area contributed by atoms with Crippen LogP contribution in [-0.4, -0.2) is 48.3 Å².